The van der Waals surface area contributed by atoms with Crippen LogP contribution in [0.25, 0.3) is 0 Å². The molecule has 1 heterocycles. The van der Waals surface area contributed by atoms with Crippen molar-refractivity contribution in [1.82, 2.24) is 4.98 Å². The summed E-state index contributed by atoms with van der Waals surface area (Å²) in [5, 5.41) is 0. The molecule has 8 heteroatoms. The number of aldehydes is 1. The molecule has 0 aliphatic rings. The Bertz CT molecular complexity index is 430. The molecule has 0 radical (unpaired) electrons. The lowest BCUT2D eigenvalue weighted by Crippen LogP contribution is -2.17. The van der Waals surface area contributed by atoms with Crippen molar-refractivity contribution in [3.63, 3.8) is 0 Å². The first-order valence-corrected chi connectivity index (χ1v) is 4.35. The first-order chi connectivity index (χ1) is 7.81. The summed E-state index contributed by atoms with van der Waals surface area (Å²) in [4.78, 5) is 13.3. The van der Waals surface area contributed by atoms with E-state index in [1.807, 2.05) is 0 Å². The molecule has 0 fully saturated rings. The molecule has 17 heavy (non-hydrogen) atoms. The molecule has 3 nitrogen and oxygen atoms in total. The molecule has 0 aliphatic heterocycles. The molecule has 0 spiro atoms. The van der Waals surface area contributed by atoms with Gasteiger partial charge < -0.3 is 5.73 Å². The fraction of sp³-hybridized carbons (Fsp3) is 0.333. The number of hydrogen-bond donors (Lipinski definition) is 1. The quantitative estimate of drug-likeness (QED) is 0.665. The monoisotopic (exact) mass is 254 g/mol. The van der Waals surface area contributed by atoms with Crippen molar-refractivity contribution in [2.45, 2.75) is 19.1 Å². The van der Waals surface area contributed by atoms with Crippen LogP contribution in [0.5, 0.6) is 0 Å². The second-order valence-electron chi connectivity index (χ2n) is 3.09. The number of hydrogen-bond acceptors (Lipinski definition) is 3. The SMILES string of the molecule is NCc1cc(C(F)F)nc(C(F)(F)F)c1C=O. The zero-order chi connectivity index (χ0) is 13.2. The Morgan fingerprint density at radius 1 is 1.41 bits per heavy atom. The van der Waals surface area contributed by atoms with E-state index >= 15 is 0 Å². The normalized spacial score (nSPS) is 11.9. The highest BCUT2D eigenvalue weighted by Crippen LogP contribution is 2.33. The van der Waals surface area contributed by atoms with E-state index in [9.17, 15) is 26.7 Å². The number of aromatic nitrogens is 1. The van der Waals surface area contributed by atoms with Crippen molar-refractivity contribution in [3.8, 4) is 0 Å². The lowest BCUT2D eigenvalue weighted by Gasteiger charge is -2.13. The van der Waals surface area contributed by atoms with Crippen molar-refractivity contribution in [2.75, 3.05) is 0 Å². The van der Waals surface area contributed by atoms with Gasteiger partial charge >= 0.3 is 6.18 Å². The molecule has 0 unspecified atom stereocenters. The number of rotatable bonds is 3. The van der Waals surface area contributed by atoms with Gasteiger partial charge in [0.2, 0.25) is 0 Å². The number of nitrogens with two attached hydrogens (primary N) is 1. The van der Waals surface area contributed by atoms with Crippen LogP contribution >= 0.6 is 0 Å². The maximum absolute atomic E-state index is 12.5. The first-order valence-electron chi connectivity index (χ1n) is 4.35. The van der Waals surface area contributed by atoms with Gasteiger partial charge in [-0.3, -0.25) is 4.79 Å². The van der Waals surface area contributed by atoms with Crippen LogP contribution in [0.2, 0.25) is 0 Å². The Kier molecular flexibility index (Phi) is 3.76. The van der Waals surface area contributed by atoms with Gasteiger partial charge in [0.05, 0.1) is 0 Å². The molecule has 0 aromatic carbocycles. The third-order valence-electron chi connectivity index (χ3n) is 1.99. The van der Waals surface area contributed by atoms with Crippen LogP contribution in [0.3, 0.4) is 0 Å². The number of carbonyl (C=O) groups is 1. The molecule has 0 aliphatic carbocycles. The van der Waals surface area contributed by atoms with E-state index < -0.39 is 36.1 Å². The standard InChI is InChI=1S/C9H7F5N2O/c10-8(11)6-1-4(2-15)5(3-17)7(16-6)9(12,13)14/h1,3,8H,2,15H2. The van der Waals surface area contributed by atoms with Gasteiger partial charge in [0, 0.05) is 12.1 Å². The highest BCUT2D eigenvalue weighted by atomic mass is 19.4. The Hall–Kier alpha value is -1.57. The average molecular weight is 254 g/mol. The molecule has 1 rings (SSSR count). The summed E-state index contributed by atoms with van der Waals surface area (Å²) in [6, 6.07) is 0.698. The molecule has 0 amide bonds. The van der Waals surface area contributed by atoms with Crippen LogP contribution in [-0.2, 0) is 12.7 Å². The maximum Gasteiger partial charge on any atom is 0.434 e. The second kappa shape index (κ2) is 4.74. The Balaban J connectivity index is 3.54. The smallest absolute Gasteiger partial charge is 0.326 e. The van der Waals surface area contributed by atoms with Gasteiger partial charge in [-0.25, -0.2) is 13.8 Å². The fourth-order valence-electron chi connectivity index (χ4n) is 1.26. The molecule has 0 saturated carbocycles. The molecule has 1 aromatic heterocycles. The van der Waals surface area contributed by atoms with E-state index in [1.165, 1.54) is 0 Å². The van der Waals surface area contributed by atoms with Crippen molar-refractivity contribution in [2.24, 2.45) is 5.73 Å². The van der Waals surface area contributed by atoms with E-state index in [4.69, 9.17) is 5.73 Å². The van der Waals surface area contributed by atoms with Gasteiger partial charge in [-0.05, 0) is 11.6 Å². The van der Waals surface area contributed by atoms with E-state index in [0.29, 0.717) is 6.07 Å². The van der Waals surface area contributed by atoms with Gasteiger partial charge in [-0.2, -0.15) is 13.2 Å². The molecule has 94 valence electrons. The van der Waals surface area contributed by atoms with Gasteiger partial charge in [0.25, 0.3) is 6.43 Å². The van der Waals surface area contributed by atoms with Gasteiger partial charge in [0.1, 0.15) is 5.69 Å². The molecule has 0 saturated heterocycles. The summed E-state index contributed by atoms with van der Waals surface area (Å²) in [5.74, 6) is 0. The fourth-order valence-corrected chi connectivity index (χ4v) is 1.26. The molecule has 0 bridgehead atoms. The summed E-state index contributed by atoms with van der Waals surface area (Å²) >= 11 is 0. The van der Waals surface area contributed by atoms with Crippen LogP contribution in [-0.4, -0.2) is 11.3 Å². The summed E-state index contributed by atoms with van der Waals surface area (Å²) in [7, 11) is 0. The van der Waals surface area contributed by atoms with Gasteiger partial charge in [-0.15, -0.1) is 0 Å². The third-order valence-corrected chi connectivity index (χ3v) is 1.99. The number of carbonyl (C=O) groups excluding carboxylic acids is 1. The highest BCUT2D eigenvalue weighted by Gasteiger charge is 2.37. The predicted molar refractivity (Wildman–Crippen MR) is 47.5 cm³/mol. The second-order valence-corrected chi connectivity index (χ2v) is 3.09. The van der Waals surface area contributed by atoms with Gasteiger partial charge in [0.15, 0.2) is 12.0 Å². The first kappa shape index (κ1) is 13.5. The lowest BCUT2D eigenvalue weighted by atomic mass is 10.1. The van der Waals surface area contributed by atoms with Crippen LogP contribution in [0.1, 0.15) is 33.7 Å². The number of halogens is 5. The maximum atomic E-state index is 12.5. The minimum atomic E-state index is -4.98. The van der Waals surface area contributed by atoms with Crippen molar-refractivity contribution in [3.05, 3.63) is 28.6 Å². The van der Waals surface area contributed by atoms with E-state index in [1.54, 1.807) is 0 Å². The zero-order valence-corrected chi connectivity index (χ0v) is 8.26. The average Bonchev–Trinajstić information content (AvgIpc) is 2.25. The summed E-state index contributed by atoms with van der Waals surface area (Å²) < 4.78 is 62.1. The molecule has 0 atom stereocenters. The Labute approximate surface area is 92.4 Å². The molecule has 2 N–H and O–H groups in total. The summed E-state index contributed by atoms with van der Waals surface area (Å²) in [6.07, 6.45) is -8.24. The van der Waals surface area contributed by atoms with Crippen LogP contribution in [0.4, 0.5) is 22.0 Å². The number of pyridine rings is 1. The van der Waals surface area contributed by atoms with E-state index in [-0.39, 0.29) is 11.8 Å². The Morgan fingerprint density at radius 3 is 2.35 bits per heavy atom. The van der Waals surface area contributed by atoms with Crippen molar-refractivity contribution >= 4 is 6.29 Å². The van der Waals surface area contributed by atoms with Crippen molar-refractivity contribution < 1.29 is 26.7 Å². The summed E-state index contributed by atoms with van der Waals surface area (Å²) in [6.45, 7) is -0.459. The number of nitrogens with zero attached hydrogens (tertiary/aromatic N) is 1. The predicted octanol–water partition coefficient (Wildman–Crippen LogP) is 2.31. The minimum Gasteiger partial charge on any atom is -0.326 e. The Morgan fingerprint density at radius 2 is 2.00 bits per heavy atom. The summed E-state index contributed by atoms with van der Waals surface area (Å²) in [5.41, 5.74) is 1.31. The number of alkyl halides is 5. The third kappa shape index (κ3) is 2.76. The topological polar surface area (TPSA) is 56.0 Å². The minimum absolute atomic E-state index is 0.0900. The molecular weight excluding hydrogens is 247 g/mol. The van der Waals surface area contributed by atoms with E-state index in [2.05, 4.69) is 4.98 Å². The highest BCUT2D eigenvalue weighted by molar-refractivity contribution is 5.79. The van der Waals surface area contributed by atoms with Crippen LogP contribution in [0.15, 0.2) is 6.07 Å². The molecule has 1 aromatic rings. The zero-order valence-electron chi connectivity index (χ0n) is 8.26. The largest absolute Gasteiger partial charge is 0.434 e. The van der Waals surface area contributed by atoms with Crippen LogP contribution < -0.4 is 5.73 Å². The van der Waals surface area contributed by atoms with Gasteiger partial charge in [-0.1, -0.05) is 0 Å². The van der Waals surface area contributed by atoms with Crippen molar-refractivity contribution in [1.29, 1.82) is 0 Å². The molecular formula is C9H7F5N2O. The van der Waals surface area contributed by atoms with E-state index in [0.717, 1.165) is 0 Å². The van der Waals surface area contributed by atoms with Crippen LogP contribution in [0, 0.1) is 0 Å². The lowest BCUT2D eigenvalue weighted by molar-refractivity contribution is -0.141.